The zero-order valence-corrected chi connectivity index (χ0v) is 35.7. The molecule has 1 spiro atoms. The number of aromatic nitrogens is 2. The van der Waals surface area contributed by atoms with Gasteiger partial charge in [-0.1, -0.05) is 11.8 Å². The van der Waals surface area contributed by atoms with E-state index in [1.165, 1.54) is 12.1 Å². The van der Waals surface area contributed by atoms with Crippen molar-refractivity contribution in [2.45, 2.75) is 30.8 Å². The number of carbonyl (C=O) groups is 2. The van der Waals surface area contributed by atoms with E-state index in [0.29, 0.717) is 28.2 Å². The fraction of sp³-hybridized carbons (Fsp3) is 0.297. The fourth-order valence-corrected chi connectivity index (χ4v) is 10.1. The van der Waals surface area contributed by atoms with Crippen molar-refractivity contribution >= 4 is 46.7 Å². The Morgan fingerprint density at radius 2 is 1.53 bits per heavy atom. The third-order valence-corrected chi connectivity index (χ3v) is 13.6. The van der Waals surface area contributed by atoms with Crippen LogP contribution in [0.3, 0.4) is 0 Å². The van der Waals surface area contributed by atoms with Gasteiger partial charge in [-0.05, 0) is 55.3 Å². The largest absolute Gasteiger partial charge is 0.490 e. The number of anilines is 2. The second-order valence-electron chi connectivity index (χ2n) is 14.5. The summed E-state index contributed by atoms with van der Waals surface area (Å²) in [4.78, 5) is 94.8. The number of amides is 1. The van der Waals surface area contributed by atoms with E-state index in [0.717, 1.165) is 22.1 Å². The number of hydrogen-bond donors (Lipinski definition) is 6. The minimum absolute atomic E-state index is 0.116. The number of nitrogens with one attached hydrogen (secondary N) is 2. The van der Waals surface area contributed by atoms with Gasteiger partial charge in [0.25, 0.3) is 11.5 Å². The SMILES string of the molecule is CN(C)c1ccc2c(c1)Oc1cc(N(C)C)ccc1C21OC(=O)c2ccc(C(=O)NCC#Cc3cn([C@H]4CC[C@@H](COP(=O)(O)OP(=O)(O)OP(=O)(O)O)O4)c(=O)[nH]c3=O)cc21. The summed E-state index contributed by atoms with van der Waals surface area (Å²) in [7, 11) is -9.16. The van der Waals surface area contributed by atoms with Crippen LogP contribution in [0.25, 0.3) is 0 Å². The second kappa shape index (κ2) is 16.7. The number of phosphoric acid groups is 3. The predicted octanol–water partition coefficient (Wildman–Crippen LogP) is 3.04. The zero-order chi connectivity index (χ0) is 44.9. The molecule has 22 nitrogen and oxygen atoms in total. The molecule has 4 atom stereocenters. The molecule has 0 bridgehead atoms. The minimum atomic E-state index is -5.72. The van der Waals surface area contributed by atoms with E-state index in [1.54, 1.807) is 6.07 Å². The predicted molar refractivity (Wildman–Crippen MR) is 217 cm³/mol. The second-order valence-corrected chi connectivity index (χ2v) is 18.9. The molecular formula is C37H38N5O17P3. The van der Waals surface area contributed by atoms with E-state index in [1.807, 2.05) is 74.4 Å². The Hall–Kier alpha value is -5.39. The van der Waals surface area contributed by atoms with Gasteiger partial charge in [0, 0.05) is 80.1 Å². The molecular weight excluding hydrogens is 879 g/mol. The van der Waals surface area contributed by atoms with Crippen molar-refractivity contribution in [1.29, 1.82) is 0 Å². The van der Waals surface area contributed by atoms with Gasteiger partial charge in [0.05, 0.1) is 24.8 Å². The first-order chi connectivity index (χ1) is 29.1. The maximum Gasteiger partial charge on any atom is 0.490 e. The van der Waals surface area contributed by atoms with Crippen LogP contribution in [-0.2, 0) is 41.9 Å². The molecule has 62 heavy (non-hydrogen) atoms. The Labute approximate surface area is 351 Å². The van der Waals surface area contributed by atoms with E-state index in [2.05, 4.69) is 35.3 Å². The van der Waals surface area contributed by atoms with Gasteiger partial charge in [0.2, 0.25) is 0 Å². The lowest BCUT2D eigenvalue weighted by Gasteiger charge is -2.37. The van der Waals surface area contributed by atoms with Gasteiger partial charge in [-0.2, -0.15) is 8.62 Å². The Balaban J connectivity index is 1.06. The van der Waals surface area contributed by atoms with E-state index >= 15 is 0 Å². The van der Waals surface area contributed by atoms with Gasteiger partial charge in [0.15, 0.2) is 5.60 Å². The van der Waals surface area contributed by atoms with Crippen LogP contribution in [-0.4, -0.2) is 88.4 Å². The molecule has 0 aliphatic carbocycles. The third-order valence-electron chi connectivity index (χ3n) is 9.83. The van der Waals surface area contributed by atoms with Crippen LogP contribution < -0.4 is 31.1 Å². The average molecular weight is 918 g/mol. The number of H-pyrrole nitrogens is 1. The lowest BCUT2D eigenvalue weighted by atomic mass is 9.77. The maximum atomic E-state index is 13.6. The van der Waals surface area contributed by atoms with Crippen LogP contribution in [0.2, 0.25) is 0 Å². The molecule has 3 aromatic carbocycles. The molecule has 1 amide bonds. The number of benzene rings is 3. The number of hydrogen-bond acceptors (Lipinski definition) is 15. The van der Waals surface area contributed by atoms with Crippen LogP contribution >= 0.6 is 23.5 Å². The van der Waals surface area contributed by atoms with E-state index in [9.17, 15) is 42.7 Å². The fourth-order valence-electron chi connectivity index (χ4n) is 7.05. The van der Waals surface area contributed by atoms with Crippen LogP contribution in [0.5, 0.6) is 11.5 Å². The molecule has 2 unspecified atom stereocenters. The summed E-state index contributed by atoms with van der Waals surface area (Å²) in [6, 6.07) is 15.7. The molecule has 25 heteroatoms. The zero-order valence-electron chi connectivity index (χ0n) is 33.0. The van der Waals surface area contributed by atoms with Gasteiger partial charge in [0.1, 0.15) is 23.3 Å². The van der Waals surface area contributed by atoms with Crippen molar-refractivity contribution in [2.24, 2.45) is 0 Å². The van der Waals surface area contributed by atoms with E-state index < -0.39 is 71.1 Å². The Morgan fingerprint density at radius 3 is 2.15 bits per heavy atom. The van der Waals surface area contributed by atoms with Crippen molar-refractivity contribution in [2.75, 3.05) is 51.1 Å². The lowest BCUT2D eigenvalue weighted by molar-refractivity contribution is -0.0243. The normalized spacial score (nSPS) is 19.1. The smallest absolute Gasteiger partial charge is 0.456 e. The molecule has 3 aliphatic rings. The number of aromatic amines is 1. The number of phosphoric ester groups is 1. The summed E-state index contributed by atoms with van der Waals surface area (Å²) in [5.41, 5.74) is 0.354. The minimum Gasteiger partial charge on any atom is -0.456 e. The summed E-state index contributed by atoms with van der Waals surface area (Å²) in [6.07, 6.45) is -0.668. The van der Waals surface area contributed by atoms with E-state index in [4.69, 9.17) is 24.0 Å². The molecule has 7 rings (SSSR count). The summed E-state index contributed by atoms with van der Waals surface area (Å²) in [6.45, 7) is -0.985. The molecule has 3 aliphatic heterocycles. The van der Waals surface area contributed by atoms with E-state index in [-0.39, 0.29) is 36.1 Å². The van der Waals surface area contributed by atoms with Gasteiger partial charge in [-0.15, -0.1) is 0 Å². The van der Waals surface area contributed by atoms with Crippen LogP contribution in [0.15, 0.2) is 70.4 Å². The molecule has 1 saturated heterocycles. The highest BCUT2D eigenvalue weighted by Gasteiger charge is 2.54. The summed E-state index contributed by atoms with van der Waals surface area (Å²) >= 11 is 0. The number of ether oxygens (including phenoxy) is 3. The highest BCUT2D eigenvalue weighted by atomic mass is 31.3. The van der Waals surface area contributed by atoms with Crippen LogP contribution in [0.4, 0.5) is 11.4 Å². The highest BCUT2D eigenvalue weighted by molar-refractivity contribution is 7.66. The first kappa shape index (κ1) is 44.7. The maximum absolute atomic E-state index is 13.6. The average Bonchev–Trinajstić information content (AvgIpc) is 3.77. The van der Waals surface area contributed by atoms with Crippen molar-refractivity contribution in [3.63, 3.8) is 0 Å². The third kappa shape index (κ3) is 9.20. The Bertz CT molecular complexity index is 2770. The van der Waals surface area contributed by atoms with Gasteiger partial charge < -0.3 is 48.9 Å². The van der Waals surface area contributed by atoms with Crippen LogP contribution in [0, 0.1) is 11.8 Å². The lowest BCUT2D eigenvalue weighted by Crippen LogP contribution is -2.34. The van der Waals surface area contributed by atoms with Gasteiger partial charge in [-0.25, -0.2) is 23.3 Å². The Kier molecular flexibility index (Phi) is 12.0. The molecule has 328 valence electrons. The number of carbonyl (C=O) groups excluding carboxylic acids is 2. The standard InChI is InChI=1S/C37H38N5O17P3/c1-40(2)23-8-12-27-30(17-23)56-31-18-24(41(3)4)9-13-28(31)37(27)29-16-21(7-11-26(29)35(45)57-37)33(43)38-15-5-6-22-19-42(36(46)39-34(22)44)32-14-10-25(55-32)20-54-61(50,51)59-62(52,53)58-60(47,48)49/h7-9,11-13,16-19,25,32H,10,14-15,20H2,1-4H3,(H,38,43)(H,50,51)(H,52,53)(H,39,44,46)(H2,47,48,49)/t25-,32+/m0/s1. The molecule has 1 fully saturated rings. The van der Waals surface area contributed by atoms with Gasteiger partial charge in [-0.3, -0.25) is 23.7 Å². The molecule has 4 heterocycles. The number of fused-ring (bicyclic) bond motifs is 6. The van der Waals surface area contributed by atoms with Crippen molar-refractivity contribution in [1.82, 2.24) is 14.9 Å². The monoisotopic (exact) mass is 917 g/mol. The van der Waals surface area contributed by atoms with Crippen LogP contribution in [0.1, 0.15) is 62.0 Å². The molecule has 0 saturated carbocycles. The molecule has 1 aromatic heterocycles. The summed E-state index contributed by atoms with van der Waals surface area (Å²) < 4.78 is 65.9. The quantitative estimate of drug-likeness (QED) is 0.0676. The van der Waals surface area contributed by atoms with Crippen molar-refractivity contribution in [3.05, 3.63) is 115 Å². The topological polar surface area (TPSA) is 295 Å². The molecule has 4 aromatic rings. The number of esters is 1. The van der Waals surface area contributed by atoms with Gasteiger partial charge >= 0.3 is 35.1 Å². The molecule has 0 radical (unpaired) electrons. The summed E-state index contributed by atoms with van der Waals surface area (Å²) in [5, 5.41) is 2.67. The van der Waals surface area contributed by atoms with Crippen molar-refractivity contribution < 1.29 is 70.2 Å². The Morgan fingerprint density at radius 1 is 0.887 bits per heavy atom. The first-order valence-corrected chi connectivity index (χ1v) is 22.8. The summed E-state index contributed by atoms with van der Waals surface area (Å²) in [5.74, 6) is 5.07. The highest BCUT2D eigenvalue weighted by Crippen LogP contribution is 2.66. The first-order valence-electron chi connectivity index (χ1n) is 18.3. The molecule has 6 N–H and O–H groups in total. The number of nitrogens with zero attached hydrogens (tertiary/aromatic N) is 3. The van der Waals surface area contributed by atoms with Crippen molar-refractivity contribution in [3.8, 4) is 23.3 Å². The number of rotatable bonds is 12.